The Morgan fingerprint density at radius 1 is 0.944 bits per heavy atom. The number of rotatable bonds is 2. The first-order chi connectivity index (χ1) is 8.28. The molecule has 1 aliphatic heterocycles. The van der Waals surface area contributed by atoms with Crippen molar-refractivity contribution in [2.75, 3.05) is 13.6 Å². The Labute approximate surface area is 119 Å². The summed E-state index contributed by atoms with van der Waals surface area (Å²) < 4.78 is 1.04. The van der Waals surface area contributed by atoms with E-state index in [2.05, 4.69) is 61.6 Å². The van der Waals surface area contributed by atoms with Crippen LogP contribution in [0.3, 0.4) is 0 Å². The number of halogens is 1. The van der Waals surface area contributed by atoms with E-state index in [1.54, 1.807) is 0 Å². The van der Waals surface area contributed by atoms with Crippen molar-refractivity contribution in [3.05, 3.63) is 65.7 Å². The molecule has 1 atom stereocenters. The molecule has 3 rings (SSSR count). The molecular formula is C16H18BrN. The molecule has 0 aliphatic carbocycles. The Hall–Kier alpha value is -1.12. The van der Waals surface area contributed by atoms with Gasteiger partial charge in [-0.25, -0.2) is 0 Å². The predicted molar refractivity (Wildman–Crippen MR) is 72.9 cm³/mol. The second-order valence-corrected chi connectivity index (χ2v) is 5.14. The highest BCUT2D eigenvalue weighted by Crippen LogP contribution is 2.34. The lowest BCUT2D eigenvalue weighted by Crippen LogP contribution is -3.00. The minimum atomic E-state index is 0. The SMILES string of the molecule is C[N@@+]1(Cc2ccccc2)CCc2ccccc21.[Br-]. The van der Waals surface area contributed by atoms with Gasteiger partial charge in [0, 0.05) is 17.5 Å². The van der Waals surface area contributed by atoms with Crippen LogP contribution in [0, 0.1) is 0 Å². The lowest BCUT2D eigenvalue weighted by molar-refractivity contribution is -0.00000356. The molecule has 0 fully saturated rings. The first-order valence-electron chi connectivity index (χ1n) is 6.25. The Morgan fingerprint density at radius 2 is 1.61 bits per heavy atom. The molecule has 0 aromatic heterocycles. The van der Waals surface area contributed by atoms with E-state index in [9.17, 15) is 0 Å². The number of quaternary nitrogens is 1. The van der Waals surface area contributed by atoms with Crippen LogP contribution in [0.5, 0.6) is 0 Å². The van der Waals surface area contributed by atoms with Crippen LogP contribution in [0.15, 0.2) is 54.6 Å². The number of hydrogen-bond acceptors (Lipinski definition) is 0. The van der Waals surface area contributed by atoms with Crippen molar-refractivity contribution >= 4 is 5.69 Å². The molecule has 1 heterocycles. The fourth-order valence-corrected chi connectivity index (χ4v) is 2.89. The summed E-state index contributed by atoms with van der Waals surface area (Å²) in [5.74, 6) is 0. The van der Waals surface area contributed by atoms with Crippen LogP contribution < -0.4 is 21.5 Å². The van der Waals surface area contributed by atoms with Crippen molar-refractivity contribution in [3.8, 4) is 0 Å². The van der Waals surface area contributed by atoms with Gasteiger partial charge in [-0.1, -0.05) is 48.5 Å². The van der Waals surface area contributed by atoms with E-state index in [1.165, 1.54) is 29.8 Å². The summed E-state index contributed by atoms with van der Waals surface area (Å²) >= 11 is 0. The lowest BCUT2D eigenvalue weighted by atomic mass is 10.1. The van der Waals surface area contributed by atoms with Crippen molar-refractivity contribution in [3.63, 3.8) is 0 Å². The van der Waals surface area contributed by atoms with Crippen LogP contribution in [0.25, 0.3) is 0 Å². The van der Waals surface area contributed by atoms with Crippen molar-refractivity contribution in [1.82, 2.24) is 4.48 Å². The van der Waals surface area contributed by atoms with Gasteiger partial charge in [-0.05, 0) is 6.07 Å². The summed E-state index contributed by atoms with van der Waals surface area (Å²) in [6.45, 7) is 2.31. The molecular weight excluding hydrogens is 286 g/mol. The highest BCUT2D eigenvalue weighted by molar-refractivity contribution is 5.54. The quantitative estimate of drug-likeness (QED) is 0.704. The van der Waals surface area contributed by atoms with Gasteiger partial charge in [-0.3, -0.25) is 4.48 Å². The normalized spacial score (nSPS) is 21.2. The summed E-state index contributed by atoms with van der Waals surface area (Å²) in [5, 5.41) is 0. The Kier molecular flexibility index (Phi) is 3.88. The monoisotopic (exact) mass is 303 g/mol. The van der Waals surface area contributed by atoms with Crippen LogP contribution in [-0.4, -0.2) is 13.6 Å². The van der Waals surface area contributed by atoms with E-state index >= 15 is 0 Å². The molecule has 0 saturated heterocycles. The van der Waals surface area contributed by atoms with Gasteiger partial charge in [0.25, 0.3) is 0 Å². The fraction of sp³-hybridized carbons (Fsp3) is 0.250. The van der Waals surface area contributed by atoms with Gasteiger partial charge in [0.1, 0.15) is 12.2 Å². The molecule has 2 heteroatoms. The highest BCUT2D eigenvalue weighted by atomic mass is 79.9. The molecule has 1 nitrogen and oxygen atoms in total. The third-order valence-electron chi connectivity index (χ3n) is 3.82. The summed E-state index contributed by atoms with van der Waals surface area (Å²) in [4.78, 5) is 0. The molecule has 2 aromatic carbocycles. The molecule has 1 aliphatic rings. The molecule has 0 saturated carbocycles. The number of hydrogen-bond donors (Lipinski definition) is 0. The molecule has 0 radical (unpaired) electrons. The van der Waals surface area contributed by atoms with Crippen molar-refractivity contribution in [2.24, 2.45) is 0 Å². The minimum absolute atomic E-state index is 0. The molecule has 0 bridgehead atoms. The van der Waals surface area contributed by atoms with Crippen molar-refractivity contribution in [2.45, 2.75) is 13.0 Å². The summed E-state index contributed by atoms with van der Waals surface area (Å²) in [7, 11) is 2.35. The second kappa shape index (κ2) is 5.25. The Balaban J connectivity index is 0.00000120. The summed E-state index contributed by atoms with van der Waals surface area (Å²) in [6.07, 6.45) is 1.21. The number of fused-ring (bicyclic) bond motifs is 1. The highest BCUT2D eigenvalue weighted by Gasteiger charge is 2.33. The number of para-hydroxylation sites is 1. The number of likely N-dealkylation sites (N-methyl/N-ethyl adjacent to an activating group) is 1. The van der Waals surface area contributed by atoms with Gasteiger partial charge in [-0.2, -0.15) is 0 Å². The second-order valence-electron chi connectivity index (χ2n) is 5.14. The van der Waals surface area contributed by atoms with E-state index in [1.807, 2.05) is 0 Å². The maximum absolute atomic E-state index is 2.35. The number of benzene rings is 2. The predicted octanol–water partition coefficient (Wildman–Crippen LogP) is 0.384. The van der Waals surface area contributed by atoms with E-state index in [4.69, 9.17) is 0 Å². The van der Waals surface area contributed by atoms with Crippen LogP contribution >= 0.6 is 0 Å². The minimum Gasteiger partial charge on any atom is -1.00 e. The molecule has 0 N–H and O–H groups in total. The van der Waals surface area contributed by atoms with Gasteiger partial charge < -0.3 is 17.0 Å². The molecule has 0 amide bonds. The zero-order valence-corrected chi connectivity index (χ0v) is 12.2. The fourth-order valence-electron chi connectivity index (χ4n) is 2.89. The first kappa shape index (κ1) is 13.3. The van der Waals surface area contributed by atoms with E-state index in [0.29, 0.717) is 0 Å². The third kappa shape index (κ3) is 2.36. The molecule has 18 heavy (non-hydrogen) atoms. The van der Waals surface area contributed by atoms with E-state index in [0.717, 1.165) is 11.0 Å². The van der Waals surface area contributed by atoms with Gasteiger partial charge in [0.2, 0.25) is 0 Å². The van der Waals surface area contributed by atoms with Crippen LogP contribution in [-0.2, 0) is 13.0 Å². The smallest absolute Gasteiger partial charge is 0.136 e. The standard InChI is InChI=1S/C16H18N.BrH/c1-17(13-14-7-3-2-4-8-14)12-11-15-9-5-6-10-16(15)17;/h2-10H,11-13H2,1H3;1H/q+1;/p-1/t17-;/m0./s1. The van der Waals surface area contributed by atoms with E-state index < -0.39 is 0 Å². The first-order valence-corrected chi connectivity index (χ1v) is 6.25. The van der Waals surface area contributed by atoms with Crippen molar-refractivity contribution in [1.29, 1.82) is 0 Å². The molecule has 2 aromatic rings. The average Bonchev–Trinajstić information content (AvgIpc) is 2.69. The zero-order valence-electron chi connectivity index (χ0n) is 10.6. The number of nitrogens with zero attached hydrogens (tertiary/aromatic N) is 1. The zero-order chi connectivity index (χ0) is 11.7. The van der Waals surface area contributed by atoms with Crippen LogP contribution in [0.1, 0.15) is 11.1 Å². The molecule has 0 spiro atoms. The Morgan fingerprint density at radius 3 is 2.39 bits per heavy atom. The van der Waals surface area contributed by atoms with Gasteiger partial charge in [0.05, 0.1) is 13.6 Å². The largest absolute Gasteiger partial charge is 1.00 e. The summed E-state index contributed by atoms with van der Waals surface area (Å²) in [6, 6.07) is 19.7. The molecule has 94 valence electrons. The third-order valence-corrected chi connectivity index (χ3v) is 3.82. The van der Waals surface area contributed by atoms with E-state index in [-0.39, 0.29) is 17.0 Å². The van der Waals surface area contributed by atoms with Crippen LogP contribution in [0.2, 0.25) is 0 Å². The molecule has 0 unspecified atom stereocenters. The van der Waals surface area contributed by atoms with Gasteiger partial charge in [-0.15, -0.1) is 0 Å². The maximum atomic E-state index is 2.35. The topological polar surface area (TPSA) is 0 Å². The van der Waals surface area contributed by atoms with Gasteiger partial charge >= 0.3 is 0 Å². The lowest BCUT2D eigenvalue weighted by Gasteiger charge is -2.29. The average molecular weight is 304 g/mol. The Bertz CT molecular complexity index is 524. The summed E-state index contributed by atoms with van der Waals surface area (Å²) in [5.41, 5.74) is 4.44. The van der Waals surface area contributed by atoms with Gasteiger partial charge in [0.15, 0.2) is 0 Å². The maximum Gasteiger partial charge on any atom is 0.136 e. The van der Waals surface area contributed by atoms with Crippen molar-refractivity contribution < 1.29 is 17.0 Å². The van der Waals surface area contributed by atoms with Crippen LogP contribution in [0.4, 0.5) is 5.69 Å².